The molecule has 0 bridgehead atoms. The monoisotopic (exact) mass is 184 g/mol. The van der Waals surface area contributed by atoms with Crippen LogP contribution in [0.15, 0.2) is 24.3 Å². The fraction of sp³-hybridized carbons (Fsp3) is 0.333. The van der Waals surface area contributed by atoms with Gasteiger partial charge in [0.15, 0.2) is 0 Å². The zero-order chi connectivity index (χ0) is 10.8. The second-order valence-electron chi connectivity index (χ2n) is 3.19. The molecule has 0 saturated heterocycles. The minimum Gasteiger partial charge on any atom is -0.478 e. The molecule has 4 nitrogen and oxygen atoms in total. The number of aliphatic carboxylic acids is 2. The first-order chi connectivity index (χ1) is 5.71. The lowest BCUT2D eigenvalue weighted by Crippen LogP contribution is -2.26. The third-order valence-electron chi connectivity index (χ3n) is 2.03. The van der Waals surface area contributed by atoms with E-state index in [0.717, 1.165) is 0 Å². The van der Waals surface area contributed by atoms with Crippen LogP contribution in [0.4, 0.5) is 0 Å². The smallest absolute Gasteiger partial charge is 0.331 e. The number of rotatable bonds is 4. The van der Waals surface area contributed by atoms with E-state index in [2.05, 4.69) is 13.2 Å². The lowest BCUT2D eigenvalue weighted by atomic mass is 9.78. The van der Waals surface area contributed by atoms with E-state index in [1.165, 1.54) is 13.8 Å². The van der Waals surface area contributed by atoms with Gasteiger partial charge in [0.25, 0.3) is 0 Å². The molecular weight excluding hydrogens is 172 g/mol. The van der Waals surface area contributed by atoms with Gasteiger partial charge in [-0.1, -0.05) is 27.0 Å². The topological polar surface area (TPSA) is 74.6 Å². The molecule has 0 aromatic carbocycles. The second-order valence-corrected chi connectivity index (χ2v) is 3.19. The molecule has 0 saturated carbocycles. The molecule has 0 unspecified atom stereocenters. The van der Waals surface area contributed by atoms with Crippen LogP contribution in [0.1, 0.15) is 13.8 Å². The van der Waals surface area contributed by atoms with Gasteiger partial charge in [-0.25, -0.2) is 9.59 Å². The molecule has 0 aromatic rings. The number of hydrogen-bond donors (Lipinski definition) is 2. The molecular formula is C9H12O4. The Labute approximate surface area is 76.2 Å². The molecule has 2 N–H and O–H groups in total. The Morgan fingerprint density at radius 1 is 1.00 bits per heavy atom. The van der Waals surface area contributed by atoms with Gasteiger partial charge < -0.3 is 10.2 Å². The van der Waals surface area contributed by atoms with Crippen molar-refractivity contribution in [3.05, 3.63) is 24.3 Å². The molecule has 72 valence electrons. The van der Waals surface area contributed by atoms with Gasteiger partial charge in [-0.05, 0) is 0 Å². The van der Waals surface area contributed by atoms with Gasteiger partial charge in [-0.15, -0.1) is 0 Å². The summed E-state index contributed by atoms with van der Waals surface area (Å²) in [5, 5.41) is 17.2. The Kier molecular flexibility index (Phi) is 3.01. The van der Waals surface area contributed by atoms with Gasteiger partial charge in [0.1, 0.15) is 0 Å². The van der Waals surface area contributed by atoms with Crippen LogP contribution in [-0.4, -0.2) is 22.2 Å². The van der Waals surface area contributed by atoms with Crippen molar-refractivity contribution < 1.29 is 19.8 Å². The third kappa shape index (κ3) is 2.18. The van der Waals surface area contributed by atoms with Crippen molar-refractivity contribution >= 4 is 11.9 Å². The highest BCUT2D eigenvalue weighted by Gasteiger charge is 2.33. The summed E-state index contributed by atoms with van der Waals surface area (Å²) in [5.41, 5.74) is -1.49. The van der Waals surface area contributed by atoms with Gasteiger partial charge >= 0.3 is 11.9 Å². The summed E-state index contributed by atoms with van der Waals surface area (Å²) in [4.78, 5) is 21.1. The van der Waals surface area contributed by atoms with Gasteiger partial charge in [0.2, 0.25) is 0 Å². The predicted molar refractivity (Wildman–Crippen MR) is 47.3 cm³/mol. The van der Waals surface area contributed by atoms with E-state index in [0.29, 0.717) is 0 Å². The van der Waals surface area contributed by atoms with Crippen LogP contribution in [0.5, 0.6) is 0 Å². The maximum Gasteiger partial charge on any atom is 0.331 e. The SMILES string of the molecule is C=C(C(=O)O)C(C)(C)C(=C)C(=O)O. The molecule has 0 heterocycles. The van der Waals surface area contributed by atoms with Crippen LogP contribution in [0.25, 0.3) is 0 Å². The van der Waals surface area contributed by atoms with Crippen molar-refractivity contribution in [1.82, 2.24) is 0 Å². The Bertz CT molecular complexity index is 258. The van der Waals surface area contributed by atoms with E-state index < -0.39 is 17.4 Å². The van der Waals surface area contributed by atoms with E-state index in [4.69, 9.17) is 10.2 Å². The molecule has 0 aromatic heterocycles. The van der Waals surface area contributed by atoms with Crippen molar-refractivity contribution in [3.8, 4) is 0 Å². The highest BCUT2D eigenvalue weighted by atomic mass is 16.4. The van der Waals surface area contributed by atoms with E-state index in [1.54, 1.807) is 0 Å². The number of hydrogen-bond acceptors (Lipinski definition) is 2. The molecule has 13 heavy (non-hydrogen) atoms. The average Bonchev–Trinajstić information content (AvgIpc) is 2.01. The largest absolute Gasteiger partial charge is 0.478 e. The molecule has 0 amide bonds. The summed E-state index contributed by atoms with van der Waals surface area (Å²) in [6, 6.07) is 0. The first kappa shape index (κ1) is 11.4. The third-order valence-corrected chi connectivity index (χ3v) is 2.03. The van der Waals surface area contributed by atoms with Crippen molar-refractivity contribution in [2.75, 3.05) is 0 Å². The predicted octanol–water partition coefficient (Wildman–Crippen LogP) is 1.29. The van der Waals surface area contributed by atoms with Crippen LogP contribution in [0, 0.1) is 5.41 Å². The van der Waals surface area contributed by atoms with E-state index >= 15 is 0 Å². The van der Waals surface area contributed by atoms with Gasteiger partial charge in [0.05, 0.1) is 0 Å². The van der Waals surface area contributed by atoms with Crippen LogP contribution in [0.3, 0.4) is 0 Å². The van der Waals surface area contributed by atoms with Crippen LogP contribution >= 0.6 is 0 Å². The van der Waals surface area contributed by atoms with Crippen molar-refractivity contribution in [3.63, 3.8) is 0 Å². The maximum atomic E-state index is 10.5. The van der Waals surface area contributed by atoms with E-state index in [1.807, 2.05) is 0 Å². The summed E-state index contributed by atoms with van der Waals surface area (Å²) in [7, 11) is 0. The first-order valence-electron chi connectivity index (χ1n) is 3.56. The van der Waals surface area contributed by atoms with E-state index in [9.17, 15) is 9.59 Å². The molecule has 4 heteroatoms. The van der Waals surface area contributed by atoms with Crippen LogP contribution in [0.2, 0.25) is 0 Å². The molecule has 0 aliphatic carbocycles. The Morgan fingerprint density at radius 3 is 1.38 bits per heavy atom. The van der Waals surface area contributed by atoms with Gasteiger partial charge in [-0.2, -0.15) is 0 Å². The summed E-state index contributed by atoms with van der Waals surface area (Å²) in [6.45, 7) is 9.53. The van der Waals surface area contributed by atoms with Crippen LogP contribution < -0.4 is 0 Å². The molecule has 0 radical (unpaired) electrons. The molecule has 0 spiro atoms. The molecule has 0 atom stereocenters. The fourth-order valence-corrected chi connectivity index (χ4v) is 0.717. The number of carboxylic acids is 2. The Morgan fingerprint density at radius 2 is 1.23 bits per heavy atom. The molecule has 0 fully saturated rings. The molecule has 0 rings (SSSR count). The van der Waals surface area contributed by atoms with Crippen LogP contribution in [-0.2, 0) is 9.59 Å². The van der Waals surface area contributed by atoms with Crippen molar-refractivity contribution in [2.45, 2.75) is 13.8 Å². The summed E-state index contributed by atoms with van der Waals surface area (Å²) in [5.74, 6) is -2.43. The average molecular weight is 184 g/mol. The lowest BCUT2D eigenvalue weighted by molar-refractivity contribution is -0.134. The quantitative estimate of drug-likeness (QED) is 0.645. The highest BCUT2D eigenvalue weighted by molar-refractivity contribution is 5.94. The first-order valence-corrected chi connectivity index (χ1v) is 3.56. The van der Waals surface area contributed by atoms with Gasteiger partial charge in [-0.3, -0.25) is 0 Å². The van der Waals surface area contributed by atoms with Crippen molar-refractivity contribution in [1.29, 1.82) is 0 Å². The Balaban J connectivity index is 4.97. The van der Waals surface area contributed by atoms with Crippen molar-refractivity contribution in [2.24, 2.45) is 5.41 Å². The number of carbonyl (C=O) groups is 2. The summed E-state index contributed by atoms with van der Waals surface area (Å²) >= 11 is 0. The van der Waals surface area contributed by atoms with Gasteiger partial charge in [0, 0.05) is 16.6 Å². The zero-order valence-electron chi connectivity index (χ0n) is 7.63. The second kappa shape index (κ2) is 3.43. The minimum atomic E-state index is -1.22. The minimum absolute atomic E-state index is 0.181. The molecule has 0 aliphatic heterocycles. The van der Waals surface area contributed by atoms with E-state index in [-0.39, 0.29) is 11.1 Å². The normalized spacial score (nSPS) is 10.6. The summed E-state index contributed by atoms with van der Waals surface area (Å²) in [6.07, 6.45) is 0. The standard InChI is InChI=1S/C9H12O4/c1-5(7(10)11)9(3,4)6(2)8(12)13/h1-2H2,3-4H3,(H,10,11)(H,12,13). The zero-order valence-corrected chi connectivity index (χ0v) is 7.63. The Hall–Kier alpha value is -1.58. The lowest BCUT2D eigenvalue weighted by Gasteiger charge is -2.24. The maximum absolute atomic E-state index is 10.5. The number of carboxylic acid groups (broad SMARTS) is 2. The fourth-order valence-electron chi connectivity index (χ4n) is 0.717. The highest BCUT2D eigenvalue weighted by Crippen LogP contribution is 2.32. The summed E-state index contributed by atoms with van der Waals surface area (Å²) < 4.78 is 0. The molecule has 0 aliphatic rings.